The third kappa shape index (κ3) is 4.34. The van der Waals surface area contributed by atoms with Crippen molar-refractivity contribution in [2.24, 2.45) is 0 Å². The standard InChI is InChI=1S/C17H15F3N4O2S/c1-12(13-2-6-15(7-3-13)24-11-21-10-22-24)23-27(25,26)16-8-4-14(5-9-16)17(18,19)20/h2-12,23H,1H3/t12-/m0/s1. The topological polar surface area (TPSA) is 76.9 Å². The molecule has 0 radical (unpaired) electrons. The van der Waals surface area contributed by atoms with E-state index in [4.69, 9.17) is 0 Å². The van der Waals surface area contributed by atoms with Crippen molar-refractivity contribution in [3.05, 3.63) is 72.3 Å². The molecule has 0 saturated heterocycles. The number of alkyl halides is 3. The predicted octanol–water partition coefficient (Wildman–Crippen LogP) is 3.33. The summed E-state index contributed by atoms with van der Waals surface area (Å²) in [7, 11) is -3.97. The molecule has 27 heavy (non-hydrogen) atoms. The van der Waals surface area contributed by atoms with Crippen molar-refractivity contribution in [1.82, 2.24) is 19.5 Å². The Morgan fingerprint density at radius 3 is 2.19 bits per heavy atom. The quantitative estimate of drug-likeness (QED) is 0.718. The first-order chi connectivity index (χ1) is 12.7. The molecule has 10 heteroatoms. The number of rotatable bonds is 5. The molecule has 0 aliphatic carbocycles. The average Bonchev–Trinajstić information content (AvgIpc) is 3.15. The lowest BCUT2D eigenvalue weighted by molar-refractivity contribution is -0.137. The van der Waals surface area contributed by atoms with E-state index in [0.29, 0.717) is 5.56 Å². The Bertz CT molecular complexity index is 1000. The molecule has 0 bridgehead atoms. The molecule has 0 aliphatic rings. The maximum atomic E-state index is 12.6. The van der Waals surface area contributed by atoms with E-state index < -0.39 is 27.8 Å². The second-order valence-electron chi connectivity index (χ2n) is 5.80. The number of aromatic nitrogens is 3. The second kappa shape index (κ2) is 7.12. The zero-order valence-electron chi connectivity index (χ0n) is 14.1. The van der Waals surface area contributed by atoms with E-state index in [1.807, 2.05) is 0 Å². The smallest absolute Gasteiger partial charge is 0.223 e. The number of nitrogens with zero attached hydrogens (tertiary/aromatic N) is 3. The third-order valence-corrected chi connectivity index (χ3v) is 5.46. The first-order valence-electron chi connectivity index (χ1n) is 7.81. The maximum absolute atomic E-state index is 12.6. The lowest BCUT2D eigenvalue weighted by Crippen LogP contribution is -2.27. The fourth-order valence-corrected chi connectivity index (χ4v) is 3.68. The summed E-state index contributed by atoms with van der Waals surface area (Å²) in [5.41, 5.74) is 0.543. The number of nitrogens with one attached hydrogen (secondary N) is 1. The van der Waals surface area contributed by atoms with Crippen LogP contribution in [0.2, 0.25) is 0 Å². The molecular formula is C17H15F3N4O2S. The van der Waals surface area contributed by atoms with Crippen molar-refractivity contribution in [1.29, 1.82) is 0 Å². The van der Waals surface area contributed by atoms with Crippen LogP contribution in [-0.2, 0) is 16.2 Å². The molecule has 1 N–H and O–H groups in total. The van der Waals surface area contributed by atoms with Gasteiger partial charge in [-0.15, -0.1) is 0 Å². The molecule has 0 unspecified atom stereocenters. The SMILES string of the molecule is C[C@H](NS(=O)(=O)c1ccc(C(F)(F)F)cc1)c1ccc(-n2cncn2)cc1. The largest absolute Gasteiger partial charge is 0.416 e. The van der Waals surface area contributed by atoms with Gasteiger partial charge in [0, 0.05) is 6.04 Å². The minimum absolute atomic E-state index is 0.235. The summed E-state index contributed by atoms with van der Waals surface area (Å²) in [6.45, 7) is 1.64. The Labute approximate surface area is 153 Å². The average molecular weight is 396 g/mol. The third-order valence-electron chi connectivity index (χ3n) is 3.90. The van der Waals surface area contributed by atoms with Gasteiger partial charge in [0.05, 0.1) is 16.1 Å². The number of hydrogen-bond acceptors (Lipinski definition) is 4. The minimum Gasteiger partial charge on any atom is -0.223 e. The molecule has 0 spiro atoms. The fourth-order valence-electron chi connectivity index (χ4n) is 2.45. The van der Waals surface area contributed by atoms with Crippen LogP contribution < -0.4 is 4.72 Å². The highest BCUT2D eigenvalue weighted by atomic mass is 32.2. The van der Waals surface area contributed by atoms with Gasteiger partial charge in [0.1, 0.15) is 12.7 Å². The number of sulfonamides is 1. The van der Waals surface area contributed by atoms with Gasteiger partial charge in [-0.1, -0.05) is 12.1 Å². The van der Waals surface area contributed by atoms with Crippen LogP contribution in [-0.4, -0.2) is 23.2 Å². The highest BCUT2D eigenvalue weighted by molar-refractivity contribution is 7.89. The normalized spacial score (nSPS) is 13.5. The molecule has 6 nitrogen and oxygen atoms in total. The van der Waals surface area contributed by atoms with Gasteiger partial charge < -0.3 is 0 Å². The van der Waals surface area contributed by atoms with Gasteiger partial charge in [0.2, 0.25) is 10.0 Å². The molecule has 0 amide bonds. The van der Waals surface area contributed by atoms with E-state index >= 15 is 0 Å². The van der Waals surface area contributed by atoms with Gasteiger partial charge in [0.25, 0.3) is 0 Å². The molecule has 3 rings (SSSR count). The Morgan fingerprint density at radius 1 is 1.04 bits per heavy atom. The summed E-state index contributed by atoms with van der Waals surface area (Å²) in [5, 5.41) is 4.00. The second-order valence-corrected chi connectivity index (χ2v) is 7.51. The van der Waals surface area contributed by atoms with E-state index in [1.54, 1.807) is 35.9 Å². The zero-order valence-corrected chi connectivity index (χ0v) is 14.9. The summed E-state index contributed by atoms with van der Waals surface area (Å²) >= 11 is 0. The van der Waals surface area contributed by atoms with Crippen molar-refractivity contribution in [3.63, 3.8) is 0 Å². The molecule has 1 atom stereocenters. The molecule has 2 aromatic carbocycles. The van der Waals surface area contributed by atoms with Gasteiger partial charge in [-0.25, -0.2) is 22.8 Å². The van der Waals surface area contributed by atoms with Crippen LogP contribution >= 0.6 is 0 Å². The van der Waals surface area contributed by atoms with Crippen LogP contribution in [0.4, 0.5) is 13.2 Å². The van der Waals surface area contributed by atoms with Crippen LogP contribution in [0.5, 0.6) is 0 Å². The molecule has 142 valence electrons. The maximum Gasteiger partial charge on any atom is 0.416 e. The fraction of sp³-hybridized carbons (Fsp3) is 0.176. The Morgan fingerprint density at radius 2 is 1.67 bits per heavy atom. The summed E-state index contributed by atoms with van der Waals surface area (Å²) in [5.74, 6) is 0. The highest BCUT2D eigenvalue weighted by Crippen LogP contribution is 2.30. The Hall–Kier alpha value is -2.72. The molecule has 0 fully saturated rings. The van der Waals surface area contributed by atoms with Gasteiger partial charge in [-0.2, -0.15) is 18.3 Å². The lowest BCUT2D eigenvalue weighted by atomic mass is 10.1. The van der Waals surface area contributed by atoms with Crippen LogP contribution in [0.15, 0.2) is 66.1 Å². The van der Waals surface area contributed by atoms with Gasteiger partial charge >= 0.3 is 6.18 Å². The summed E-state index contributed by atoms with van der Waals surface area (Å²) < 4.78 is 66.7. The first-order valence-corrected chi connectivity index (χ1v) is 9.30. The molecule has 3 aromatic rings. The molecular weight excluding hydrogens is 381 g/mol. The Balaban J connectivity index is 1.75. The molecule has 1 heterocycles. The number of benzene rings is 2. The van der Waals surface area contributed by atoms with E-state index in [9.17, 15) is 21.6 Å². The molecule has 1 aromatic heterocycles. The van der Waals surface area contributed by atoms with Crippen molar-refractivity contribution in [2.75, 3.05) is 0 Å². The predicted molar refractivity (Wildman–Crippen MR) is 91.5 cm³/mol. The molecule has 0 saturated carbocycles. The van der Waals surface area contributed by atoms with Crippen molar-refractivity contribution in [3.8, 4) is 5.69 Å². The van der Waals surface area contributed by atoms with E-state index in [0.717, 1.165) is 30.0 Å². The van der Waals surface area contributed by atoms with Gasteiger partial charge in [0.15, 0.2) is 0 Å². The highest BCUT2D eigenvalue weighted by Gasteiger charge is 2.30. The van der Waals surface area contributed by atoms with Crippen LogP contribution in [0.3, 0.4) is 0 Å². The van der Waals surface area contributed by atoms with E-state index in [2.05, 4.69) is 14.8 Å². The van der Waals surface area contributed by atoms with Crippen LogP contribution in [0.1, 0.15) is 24.1 Å². The van der Waals surface area contributed by atoms with E-state index in [1.165, 1.54) is 12.7 Å². The van der Waals surface area contributed by atoms with E-state index in [-0.39, 0.29) is 4.90 Å². The summed E-state index contributed by atoms with van der Waals surface area (Å²) in [6.07, 6.45) is -1.59. The Kier molecular flexibility index (Phi) is 5.03. The number of halogens is 3. The monoisotopic (exact) mass is 396 g/mol. The summed E-state index contributed by atoms with van der Waals surface area (Å²) in [6, 6.07) is 9.76. The number of hydrogen-bond donors (Lipinski definition) is 1. The first kappa shape index (κ1) is 19.1. The van der Waals surface area contributed by atoms with Gasteiger partial charge in [-0.05, 0) is 48.9 Å². The van der Waals surface area contributed by atoms with Crippen molar-refractivity contribution >= 4 is 10.0 Å². The van der Waals surface area contributed by atoms with Crippen molar-refractivity contribution < 1.29 is 21.6 Å². The zero-order chi connectivity index (χ0) is 19.7. The summed E-state index contributed by atoms with van der Waals surface area (Å²) in [4.78, 5) is 3.61. The lowest BCUT2D eigenvalue weighted by Gasteiger charge is -2.15. The van der Waals surface area contributed by atoms with Crippen LogP contribution in [0, 0.1) is 0 Å². The van der Waals surface area contributed by atoms with Gasteiger partial charge in [-0.3, -0.25) is 0 Å². The minimum atomic E-state index is -4.52. The molecule has 0 aliphatic heterocycles. The van der Waals surface area contributed by atoms with Crippen LogP contribution in [0.25, 0.3) is 5.69 Å². The van der Waals surface area contributed by atoms with Crippen molar-refractivity contribution in [2.45, 2.75) is 24.0 Å².